The summed E-state index contributed by atoms with van der Waals surface area (Å²) >= 11 is 0. The lowest BCUT2D eigenvalue weighted by Crippen LogP contribution is -2.31. The number of rotatable bonds is 31. The van der Waals surface area contributed by atoms with Gasteiger partial charge in [0.15, 0.2) is 0 Å². The van der Waals surface area contributed by atoms with Gasteiger partial charge in [0, 0.05) is 26.4 Å². The third-order valence-corrected chi connectivity index (χ3v) is 4.80. The molecule has 230 valence electrons. The fourth-order valence-corrected chi connectivity index (χ4v) is 2.98. The molecule has 0 radical (unpaired) electrons. The van der Waals surface area contributed by atoms with E-state index in [0.29, 0.717) is 118 Å². The summed E-state index contributed by atoms with van der Waals surface area (Å²) in [6.45, 7) is 22.0. The second kappa shape index (κ2) is 29.6. The summed E-state index contributed by atoms with van der Waals surface area (Å²) in [5.41, 5.74) is 0. The second-order valence-corrected chi connectivity index (χ2v) is 9.62. The highest BCUT2D eigenvalue weighted by atomic mass is 16.6. The number of hydrogen-bond acceptors (Lipinski definition) is 10. The molecule has 0 unspecified atom stereocenters. The highest BCUT2D eigenvalue weighted by Gasteiger charge is 2.13. The molecule has 0 aliphatic heterocycles. The Labute approximate surface area is 232 Å². The number of ether oxygens (including phenoxy) is 10. The van der Waals surface area contributed by atoms with Crippen molar-refractivity contribution in [3.63, 3.8) is 0 Å². The Bertz CT molecular complexity index is 419. The van der Waals surface area contributed by atoms with Crippen molar-refractivity contribution in [1.82, 2.24) is 0 Å². The predicted molar refractivity (Wildman–Crippen MR) is 147 cm³/mol. The van der Waals surface area contributed by atoms with Crippen molar-refractivity contribution >= 4 is 0 Å². The lowest BCUT2D eigenvalue weighted by atomic mass is 10.2. The van der Waals surface area contributed by atoms with Crippen molar-refractivity contribution in [2.24, 2.45) is 11.8 Å². The highest BCUT2D eigenvalue weighted by molar-refractivity contribution is 4.59. The molecule has 0 fully saturated rings. The normalized spacial score (nSPS) is 12.2. The van der Waals surface area contributed by atoms with Crippen LogP contribution in [0.25, 0.3) is 0 Å². The zero-order chi connectivity index (χ0) is 28.1. The molecule has 0 heterocycles. The Morgan fingerprint density at radius 3 is 0.868 bits per heavy atom. The molecule has 10 heteroatoms. The summed E-state index contributed by atoms with van der Waals surface area (Å²) in [5.74, 6) is 1.01. The Morgan fingerprint density at radius 1 is 0.342 bits per heavy atom. The maximum atomic E-state index is 6.02. The SMILES string of the molecule is CCOCCOCC(COCCOCC)OCCOC(COCCOCC(C)C)COCCOCC(C)C. The number of hydrogen-bond donors (Lipinski definition) is 0. The first-order valence-electron chi connectivity index (χ1n) is 14.3. The van der Waals surface area contributed by atoms with E-state index in [1.54, 1.807) is 0 Å². The van der Waals surface area contributed by atoms with Crippen LogP contribution in [0.1, 0.15) is 41.5 Å². The van der Waals surface area contributed by atoms with Crippen LogP contribution in [0, 0.1) is 11.8 Å². The molecular formula is C28H58O10. The Morgan fingerprint density at radius 2 is 0.605 bits per heavy atom. The van der Waals surface area contributed by atoms with E-state index in [-0.39, 0.29) is 12.2 Å². The molecule has 0 spiro atoms. The van der Waals surface area contributed by atoms with Gasteiger partial charge in [-0.3, -0.25) is 0 Å². The van der Waals surface area contributed by atoms with E-state index >= 15 is 0 Å². The van der Waals surface area contributed by atoms with E-state index in [4.69, 9.17) is 47.4 Å². The van der Waals surface area contributed by atoms with Gasteiger partial charge < -0.3 is 47.4 Å². The van der Waals surface area contributed by atoms with Crippen LogP contribution in [0.4, 0.5) is 0 Å². The zero-order valence-corrected chi connectivity index (χ0v) is 25.1. The lowest BCUT2D eigenvalue weighted by Gasteiger charge is -2.21. The van der Waals surface area contributed by atoms with Gasteiger partial charge in [-0.05, 0) is 25.7 Å². The van der Waals surface area contributed by atoms with E-state index in [1.165, 1.54) is 0 Å². The van der Waals surface area contributed by atoms with Crippen molar-refractivity contribution in [3.8, 4) is 0 Å². The second-order valence-electron chi connectivity index (χ2n) is 9.62. The maximum absolute atomic E-state index is 6.02. The van der Waals surface area contributed by atoms with Crippen molar-refractivity contribution < 1.29 is 47.4 Å². The Balaban J connectivity index is 4.39. The monoisotopic (exact) mass is 554 g/mol. The van der Waals surface area contributed by atoms with Gasteiger partial charge in [0.1, 0.15) is 12.2 Å². The first-order chi connectivity index (χ1) is 18.5. The van der Waals surface area contributed by atoms with E-state index in [9.17, 15) is 0 Å². The molecule has 10 nitrogen and oxygen atoms in total. The van der Waals surface area contributed by atoms with Crippen LogP contribution in [0.3, 0.4) is 0 Å². The van der Waals surface area contributed by atoms with Crippen molar-refractivity contribution in [3.05, 3.63) is 0 Å². The van der Waals surface area contributed by atoms with E-state index < -0.39 is 0 Å². The molecule has 0 bridgehead atoms. The average molecular weight is 555 g/mol. The first-order valence-corrected chi connectivity index (χ1v) is 14.3. The summed E-state index contributed by atoms with van der Waals surface area (Å²) in [4.78, 5) is 0. The molecule has 0 aromatic rings. The minimum absolute atomic E-state index is 0.205. The molecule has 0 saturated carbocycles. The van der Waals surface area contributed by atoms with Crippen LogP contribution in [-0.2, 0) is 47.4 Å². The van der Waals surface area contributed by atoms with Gasteiger partial charge in [-0.1, -0.05) is 27.7 Å². The molecule has 0 aromatic heterocycles. The van der Waals surface area contributed by atoms with Gasteiger partial charge in [0.05, 0.1) is 92.5 Å². The highest BCUT2D eigenvalue weighted by Crippen LogP contribution is 2.01. The minimum Gasteiger partial charge on any atom is -0.379 e. The van der Waals surface area contributed by atoms with Crippen LogP contribution in [0.15, 0.2) is 0 Å². The van der Waals surface area contributed by atoms with Crippen LogP contribution < -0.4 is 0 Å². The third kappa shape index (κ3) is 28.6. The van der Waals surface area contributed by atoms with Crippen molar-refractivity contribution in [1.29, 1.82) is 0 Å². The molecule has 0 atom stereocenters. The molecule has 0 saturated heterocycles. The molecule has 0 aliphatic rings. The zero-order valence-electron chi connectivity index (χ0n) is 25.1. The fraction of sp³-hybridized carbons (Fsp3) is 1.00. The minimum atomic E-state index is -0.211. The van der Waals surface area contributed by atoms with E-state index in [1.807, 2.05) is 13.8 Å². The molecule has 0 rings (SSSR count). The van der Waals surface area contributed by atoms with Crippen LogP contribution in [0.2, 0.25) is 0 Å². The lowest BCUT2D eigenvalue weighted by molar-refractivity contribution is -0.108. The van der Waals surface area contributed by atoms with Gasteiger partial charge in [-0.25, -0.2) is 0 Å². The fourth-order valence-electron chi connectivity index (χ4n) is 2.98. The maximum Gasteiger partial charge on any atom is 0.104 e. The molecule has 0 N–H and O–H groups in total. The molecule has 0 amide bonds. The Hall–Kier alpha value is -0.400. The van der Waals surface area contributed by atoms with Gasteiger partial charge in [0.25, 0.3) is 0 Å². The molecule has 38 heavy (non-hydrogen) atoms. The average Bonchev–Trinajstić information content (AvgIpc) is 2.88. The quantitative estimate of drug-likeness (QED) is 0.119. The van der Waals surface area contributed by atoms with Crippen LogP contribution in [0.5, 0.6) is 0 Å². The van der Waals surface area contributed by atoms with Gasteiger partial charge in [-0.2, -0.15) is 0 Å². The van der Waals surface area contributed by atoms with Crippen LogP contribution >= 0.6 is 0 Å². The van der Waals surface area contributed by atoms with Gasteiger partial charge in [0.2, 0.25) is 0 Å². The van der Waals surface area contributed by atoms with Gasteiger partial charge >= 0.3 is 0 Å². The van der Waals surface area contributed by atoms with E-state index in [2.05, 4.69) is 27.7 Å². The summed E-state index contributed by atoms with van der Waals surface area (Å²) in [6.07, 6.45) is -0.416. The Kier molecular flexibility index (Phi) is 29.3. The first kappa shape index (κ1) is 37.6. The summed E-state index contributed by atoms with van der Waals surface area (Å²) in [6, 6.07) is 0. The summed E-state index contributed by atoms with van der Waals surface area (Å²) < 4.78 is 56.7. The smallest absolute Gasteiger partial charge is 0.104 e. The van der Waals surface area contributed by atoms with Crippen LogP contribution in [-0.4, -0.2) is 131 Å². The topological polar surface area (TPSA) is 92.3 Å². The van der Waals surface area contributed by atoms with Gasteiger partial charge in [-0.15, -0.1) is 0 Å². The van der Waals surface area contributed by atoms with Crippen molar-refractivity contribution in [2.45, 2.75) is 53.8 Å². The molecule has 0 aromatic carbocycles. The third-order valence-electron chi connectivity index (χ3n) is 4.80. The predicted octanol–water partition coefficient (Wildman–Crippen LogP) is 3.24. The molecular weight excluding hydrogens is 496 g/mol. The molecule has 0 aliphatic carbocycles. The summed E-state index contributed by atoms with van der Waals surface area (Å²) in [5, 5.41) is 0. The largest absolute Gasteiger partial charge is 0.379 e. The van der Waals surface area contributed by atoms with E-state index in [0.717, 1.165) is 13.2 Å². The van der Waals surface area contributed by atoms with Crippen molar-refractivity contribution in [2.75, 3.05) is 119 Å². The standard InChI is InChI=1S/C28H58O10/c1-7-29-9-11-33-21-27(22-34-12-10-30-8-2)37-17-18-38-28(23-35-15-13-31-19-25(3)4)24-36-16-14-32-20-26(5)6/h25-28H,7-24H2,1-6H3. The summed E-state index contributed by atoms with van der Waals surface area (Å²) in [7, 11) is 0.